The van der Waals surface area contributed by atoms with Crippen LogP contribution in [0.25, 0.3) is 0 Å². The van der Waals surface area contributed by atoms with Crippen LogP contribution in [0.4, 0.5) is 5.82 Å². The molecule has 4 rings (SSSR count). The zero-order chi connectivity index (χ0) is 22.2. The number of carbonyl (C=O) groups is 2. The number of thiophene rings is 1. The van der Waals surface area contributed by atoms with Gasteiger partial charge in [0.2, 0.25) is 5.91 Å². The first-order chi connectivity index (χ1) is 15.7. The summed E-state index contributed by atoms with van der Waals surface area (Å²) in [4.78, 5) is 34.7. The maximum atomic E-state index is 12.8. The van der Waals surface area contributed by atoms with Gasteiger partial charge in [0.05, 0.1) is 18.7 Å². The van der Waals surface area contributed by atoms with Crippen molar-refractivity contribution in [3.63, 3.8) is 0 Å². The van der Waals surface area contributed by atoms with Crippen LogP contribution in [-0.2, 0) is 22.7 Å². The van der Waals surface area contributed by atoms with E-state index in [1.807, 2.05) is 47.8 Å². The number of nitrogens with one attached hydrogen (secondary N) is 1. The van der Waals surface area contributed by atoms with Crippen LogP contribution < -0.4 is 10.2 Å². The topological polar surface area (TPSA) is 74.8 Å². The molecule has 0 bridgehead atoms. The molecule has 0 atom stereocenters. The summed E-state index contributed by atoms with van der Waals surface area (Å²) in [5.74, 6) is 0.494. The van der Waals surface area contributed by atoms with E-state index in [1.165, 1.54) is 0 Å². The summed E-state index contributed by atoms with van der Waals surface area (Å²) in [7, 11) is 0. The normalized spacial score (nSPS) is 13.8. The second kappa shape index (κ2) is 10.9. The Morgan fingerprint density at radius 3 is 2.56 bits per heavy atom. The standard InChI is InChI=1S/C24H26N4O3S/c29-22(18-31-17-19-6-2-1-3-7-19)27-11-13-28(14-12-27)23-21(9-4-10-25-23)24(30)26-16-20-8-5-15-32-20/h1-10,15H,11-14,16-18H2,(H,26,30). The van der Waals surface area contributed by atoms with Gasteiger partial charge < -0.3 is 19.9 Å². The van der Waals surface area contributed by atoms with E-state index in [0.29, 0.717) is 50.7 Å². The molecule has 0 radical (unpaired) electrons. The third-order valence-electron chi connectivity index (χ3n) is 5.30. The van der Waals surface area contributed by atoms with Crippen molar-refractivity contribution in [3.8, 4) is 0 Å². The first kappa shape index (κ1) is 22.0. The number of pyridine rings is 1. The summed E-state index contributed by atoms with van der Waals surface area (Å²) in [6, 6.07) is 17.3. The molecule has 2 amide bonds. The predicted octanol–water partition coefficient (Wildman–Crippen LogP) is 2.94. The van der Waals surface area contributed by atoms with Crippen molar-refractivity contribution in [2.45, 2.75) is 13.2 Å². The lowest BCUT2D eigenvalue weighted by Gasteiger charge is -2.36. The largest absolute Gasteiger partial charge is 0.367 e. The molecule has 8 heteroatoms. The number of aromatic nitrogens is 1. The molecule has 0 aliphatic carbocycles. The molecule has 3 aromatic rings. The number of carbonyl (C=O) groups excluding carboxylic acids is 2. The highest BCUT2D eigenvalue weighted by Crippen LogP contribution is 2.19. The summed E-state index contributed by atoms with van der Waals surface area (Å²) >= 11 is 1.61. The molecule has 1 saturated heterocycles. The van der Waals surface area contributed by atoms with Crippen LogP contribution in [0.5, 0.6) is 0 Å². The zero-order valence-corrected chi connectivity index (χ0v) is 18.6. The van der Waals surface area contributed by atoms with Gasteiger partial charge in [0.15, 0.2) is 0 Å². The Balaban J connectivity index is 1.28. The lowest BCUT2D eigenvalue weighted by Crippen LogP contribution is -2.50. The molecule has 1 fully saturated rings. The van der Waals surface area contributed by atoms with E-state index in [0.717, 1.165) is 10.4 Å². The second-order valence-corrected chi connectivity index (χ2v) is 8.52. The monoisotopic (exact) mass is 450 g/mol. The van der Waals surface area contributed by atoms with Gasteiger partial charge in [-0.3, -0.25) is 9.59 Å². The fraction of sp³-hybridized carbons (Fsp3) is 0.292. The molecule has 1 N–H and O–H groups in total. The molecule has 7 nitrogen and oxygen atoms in total. The van der Waals surface area contributed by atoms with E-state index < -0.39 is 0 Å². The van der Waals surface area contributed by atoms with Crippen molar-refractivity contribution >= 4 is 29.0 Å². The lowest BCUT2D eigenvalue weighted by molar-refractivity contribution is -0.136. The third kappa shape index (κ3) is 5.72. The fourth-order valence-electron chi connectivity index (χ4n) is 3.59. The molecular formula is C24H26N4O3S. The van der Waals surface area contributed by atoms with Crippen LogP contribution in [0.15, 0.2) is 66.2 Å². The van der Waals surface area contributed by atoms with Crippen LogP contribution in [-0.4, -0.2) is 54.5 Å². The highest BCUT2D eigenvalue weighted by Gasteiger charge is 2.25. The summed E-state index contributed by atoms with van der Waals surface area (Å²) < 4.78 is 5.59. The quantitative estimate of drug-likeness (QED) is 0.571. The van der Waals surface area contributed by atoms with Gasteiger partial charge in [-0.1, -0.05) is 36.4 Å². The first-order valence-corrected chi connectivity index (χ1v) is 11.5. The fourth-order valence-corrected chi connectivity index (χ4v) is 4.24. The number of amides is 2. The van der Waals surface area contributed by atoms with E-state index in [4.69, 9.17) is 4.74 Å². The summed E-state index contributed by atoms with van der Waals surface area (Å²) in [5, 5.41) is 4.96. The van der Waals surface area contributed by atoms with Crippen molar-refractivity contribution in [2.24, 2.45) is 0 Å². The van der Waals surface area contributed by atoms with Crippen LogP contribution in [0.1, 0.15) is 20.8 Å². The van der Waals surface area contributed by atoms with Gasteiger partial charge >= 0.3 is 0 Å². The van der Waals surface area contributed by atoms with Crippen LogP contribution >= 0.6 is 11.3 Å². The van der Waals surface area contributed by atoms with E-state index in [1.54, 1.807) is 34.6 Å². The SMILES string of the molecule is O=C(NCc1cccs1)c1cccnc1N1CCN(C(=O)COCc2ccccc2)CC1. The smallest absolute Gasteiger partial charge is 0.255 e. The van der Waals surface area contributed by atoms with Gasteiger partial charge in [-0.15, -0.1) is 11.3 Å². The van der Waals surface area contributed by atoms with Crippen molar-refractivity contribution < 1.29 is 14.3 Å². The maximum Gasteiger partial charge on any atom is 0.255 e. The minimum Gasteiger partial charge on any atom is -0.367 e. The number of ether oxygens (including phenoxy) is 1. The van der Waals surface area contributed by atoms with Crippen molar-refractivity contribution in [2.75, 3.05) is 37.7 Å². The Hall–Kier alpha value is -3.23. The van der Waals surface area contributed by atoms with Gasteiger partial charge in [0, 0.05) is 37.3 Å². The van der Waals surface area contributed by atoms with E-state index in [-0.39, 0.29) is 18.4 Å². The van der Waals surface area contributed by atoms with E-state index in [2.05, 4.69) is 15.2 Å². The Morgan fingerprint density at radius 1 is 1.00 bits per heavy atom. The first-order valence-electron chi connectivity index (χ1n) is 10.6. The zero-order valence-electron chi connectivity index (χ0n) is 17.8. The summed E-state index contributed by atoms with van der Waals surface area (Å²) in [6.07, 6.45) is 1.69. The van der Waals surface area contributed by atoms with Gasteiger partial charge in [-0.25, -0.2) is 4.98 Å². The number of anilines is 1. The minimum atomic E-state index is -0.144. The van der Waals surface area contributed by atoms with Crippen LogP contribution in [0.3, 0.4) is 0 Å². The molecule has 32 heavy (non-hydrogen) atoms. The summed E-state index contributed by atoms with van der Waals surface area (Å²) in [6.45, 7) is 3.36. The summed E-state index contributed by atoms with van der Waals surface area (Å²) in [5.41, 5.74) is 1.60. The molecule has 0 spiro atoms. The molecule has 0 saturated carbocycles. The van der Waals surface area contributed by atoms with Gasteiger partial charge in [0.25, 0.3) is 5.91 Å². The molecule has 1 aliphatic rings. The molecule has 3 heterocycles. The highest BCUT2D eigenvalue weighted by molar-refractivity contribution is 7.09. The molecular weight excluding hydrogens is 424 g/mol. The van der Waals surface area contributed by atoms with Crippen LogP contribution in [0, 0.1) is 0 Å². The Kier molecular flexibility index (Phi) is 7.47. The number of piperazine rings is 1. The highest BCUT2D eigenvalue weighted by atomic mass is 32.1. The van der Waals surface area contributed by atoms with Crippen LogP contribution in [0.2, 0.25) is 0 Å². The lowest BCUT2D eigenvalue weighted by atomic mass is 10.2. The number of rotatable bonds is 8. The Labute approximate surface area is 191 Å². The average Bonchev–Trinajstić information content (AvgIpc) is 3.37. The van der Waals surface area contributed by atoms with Gasteiger partial charge in [-0.05, 0) is 29.1 Å². The Morgan fingerprint density at radius 2 is 1.81 bits per heavy atom. The number of hydrogen-bond acceptors (Lipinski definition) is 6. The van der Waals surface area contributed by atoms with E-state index in [9.17, 15) is 9.59 Å². The molecule has 0 unspecified atom stereocenters. The number of hydrogen-bond donors (Lipinski definition) is 1. The van der Waals surface area contributed by atoms with E-state index >= 15 is 0 Å². The molecule has 166 valence electrons. The van der Waals surface area contributed by atoms with Crippen molar-refractivity contribution in [3.05, 3.63) is 82.2 Å². The number of benzene rings is 1. The molecule has 1 aliphatic heterocycles. The molecule has 2 aromatic heterocycles. The van der Waals surface area contributed by atoms with Crippen molar-refractivity contribution in [1.29, 1.82) is 0 Å². The Bertz CT molecular complexity index is 1020. The minimum absolute atomic E-state index is 0.0180. The third-order valence-corrected chi connectivity index (χ3v) is 6.18. The van der Waals surface area contributed by atoms with Gasteiger partial charge in [0.1, 0.15) is 12.4 Å². The molecule has 1 aromatic carbocycles. The van der Waals surface area contributed by atoms with Crippen molar-refractivity contribution in [1.82, 2.24) is 15.2 Å². The maximum absolute atomic E-state index is 12.8. The average molecular weight is 451 g/mol. The second-order valence-electron chi connectivity index (χ2n) is 7.48. The van der Waals surface area contributed by atoms with Gasteiger partial charge in [-0.2, -0.15) is 0 Å². The predicted molar refractivity (Wildman–Crippen MR) is 125 cm³/mol. The number of nitrogens with zero attached hydrogens (tertiary/aromatic N) is 3.